The molecule has 23 heavy (non-hydrogen) atoms. The zero-order chi connectivity index (χ0) is 18.9. The second-order valence-electron chi connectivity index (χ2n) is 4.97. The Labute approximate surface area is 125 Å². The van der Waals surface area contributed by atoms with Crippen molar-refractivity contribution in [2.24, 2.45) is 0 Å². The Morgan fingerprint density at radius 3 is 1.91 bits per heavy atom. The van der Waals surface area contributed by atoms with Crippen LogP contribution in [0.4, 0.5) is 35.1 Å². The van der Waals surface area contributed by atoms with E-state index in [1.165, 1.54) is 0 Å². The molecule has 0 amide bonds. The van der Waals surface area contributed by atoms with Gasteiger partial charge in [-0.1, -0.05) is 0 Å². The highest BCUT2D eigenvalue weighted by Gasteiger charge is 2.76. The first kappa shape index (κ1) is 21.6. The number of ether oxygens (including phenoxy) is 1. The van der Waals surface area contributed by atoms with Gasteiger partial charge in [0.2, 0.25) is 0 Å². The van der Waals surface area contributed by atoms with Crippen molar-refractivity contribution in [3.05, 3.63) is 11.6 Å². The molecule has 0 rings (SSSR count). The molecule has 0 aromatic heterocycles. The number of hydrogen-bond acceptors (Lipinski definition) is 3. The summed E-state index contributed by atoms with van der Waals surface area (Å²) in [6, 6.07) is 0. The number of alkyl halides is 8. The molecule has 0 aliphatic rings. The number of carbonyl (C=O) groups excluding carboxylic acids is 1. The first-order valence-corrected chi connectivity index (χ1v) is 6.03. The van der Waals surface area contributed by atoms with Crippen LogP contribution >= 0.6 is 0 Å². The van der Waals surface area contributed by atoms with Crippen molar-refractivity contribution >= 4 is 5.97 Å². The Morgan fingerprint density at radius 1 is 1.13 bits per heavy atom. The van der Waals surface area contributed by atoms with Gasteiger partial charge in [-0.05, 0) is 20.8 Å². The summed E-state index contributed by atoms with van der Waals surface area (Å²) in [5.74, 6) is -13.4. The van der Waals surface area contributed by atoms with Gasteiger partial charge in [-0.25, -0.2) is 9.18 Å². The maximum Gasteiger partial charge on any atom is 0.428 e. The highest BCUT2D eigenvalue weighted by molar-refractivity contribution is 5.88. The molecule has 0 spiro atoms. The third-order valence-electron chi connectivity index (χ3n) is 2.72. The summed E-state index contributed by atoms with van der Waals surface area (Å²) in [6.45, 7) is 0.343. The fraction of sp³-hybridized carbons (Fsp3) is 0.750. The van der Waals surface area contributed by atoms with Gasteiger partial charge in [-0.3, -0.25) is 0 Å². The molecule has 0 aliphatic carbocycles. The van der Waals surface area contributed by atoms with E-state index in [9.17, 15) is 39.9 Å². The van der Waals surface area contributed by atoms with Crippen LogP contribution in [0.1, 0.15) is 20.8 Å². The van der Waals surface area contributed by atoms with Crippen LogP contribution in [-0.4, -0.2) is 47.5 Å². The van der Waals surface area contributed by atoms with E-state index < -0.39 is 60.9 Å². The van der Waals surface area contributed by atoms with Crippen LogP contribution in [-0.2, 0) is 9.53 Å². The third kappa shape index (κ3) is 4.55. The van der Waals surface area contributed by atoms with E-state index in [1.807, 2.05) is 0 Å². The van der Waals surface area contributed by atoms with E-state index in [0.717, 1.165) is 6.92 Å². The van der Waals surface area contributed by atoms with E-state index in [1.54, 1.807) is 0 Å². The molecule has 1 N–H and O–H groups in total. The fourth-order valence-corrected chi connectivity index (χ4v) is 1.22. The van der Waals surface area contributed by atoms with Crippen LogP contribution in [0.2, 0.25) is 0 Å². The Kier molecular flexibility index (Phi) is 6.22. The molecule has 0 aromatic rings. The van der Waals surface area contributed by atoms with Crippen LogP contribution < -0.4 is 0 Å². The first-order chi connectivity index (χ1) is 9.97. The zero-order valence-corrected chi connectivity index (χ0v) is 12.1. The van der Waals surface area contributed by atoms with Crippen molar-refractivity contribution in [2.45, 2.75) is 50.6 Å². The van der Waals surface area contributed by atoms with Crippen LogP contribution in [0, 0.1) is 0 Å². The van der Waals surface area contributed by atoms with Gasteiger partial charge >= 0.3 is 24.0 Å². The molecular formula is C12H14F8O3. The molecular weight excluding hydrogens is 344 g/mol. The van der Waals surface area contributed by atoms with Crippen LogP contribution in [0.3, 0.4) is 0 Å². The summed E-state index contributed by atoms with van der Waals surface area (Å²) in [4.78, 5) is 11.2. The topological polar surface area (TPSA) is 46.5 Å². The maximum absolute atomic E-state index is 13.4. The van der Waals surface area contributed by atoms with E-state index >= 15 is 0 Å². The van der Waals surface area contributed by atoms with Gasteiger partial charge < -0.3 is 9.84 Å². The molecule has 11 heteroatoms. The smallest absolute Gasteiger partial charge is 0.428 e. The molecule has 0 bridgehead atoms. The second kappa shape index (κ2) is 6.62. The summed E-state index contributed by atoms with van der Waals surface area (Å²) in [6.07, 6.45) is -8.26. The van der Waals surface area contributed by atoms with Crippen molar-refractivity contribution in [1.29, 1.82) is 0 Å². The van der Waals surface area contributed by atoms with Gasteiger partial charge in [0.1, 0.15) is 6.61 Å². The lowest BCUT2D eigenvalue weighted by Crippen LogP contribution is -2.61. The van der Waals surface area contributed by atoms with E-state index in [0.29, 0.717) is 6.92 Å². The van der Waals surface area contributed by atoms with E-state index in [2.05, 4.69) is 4.74 Å². The van der Waals surface area contributed by atoms with Gasteiger partial charge in [0.15, 0.2) is 0 Å². The largest absolute Gasteiger partial charge is 0.460 e. The summed E-state index contributed by atoms with van der Waals surface area (Å²) in [5.41, 5.74) is -6.71. The summed E-state index contributed by atoms with van der Waals surface area (Å²) < 4.78 is 108. The Morgan fingerprint density at radius 2 is 1.57 bits per heavy atom. The molecule has 0 heterocycles. The van der Waals surface area contributed by atoms with Crippen LogP contribution in [0.25, 0.3) is 0 Å². The lowest BCUT2D eigenvalue weighted by atomic mass is 9.92. The second-order valence-corrected chi connectivity index (χ2v) is 4.97. The molecule has 136 valence electrons. The zero-order valence-electron chi connectivity index (χ0n) is 12.1. The molecule has 2 unspecified atom stereocenters. The van der Waals surface area contributed by atoms with Gasteiger partial charge in [0, 0.05) is 11.6 Å². The first-order valence-electron chi connectivity index (χ1n) is 6.03. The number of rotatable bonds is 6. The number of esters is 1. The normalized spacial score (nSPS) is 18.3. The quantitative estimate of drug-likeness (QED) is 0.450. The summed E-state index contributed by atoms with van der Waals surface area (Å²) >= 11 is 0. The summed E-state index contributed by atoms with van der Waals surface area (Å²) in [5, 5.41) is 8.80. The Balaban J connectivity index is 5.54. The van der Waals surface area contributed by atoms with Gasteiger partial charge in [-0.15, -0.1) is 0 Å². The van der Waals surface area contributed by atoms with Crippen molar-refractivity contribution in [1.82, 2.24) is 0 Å². The van der Waals surface area contributed by atoms with Gasteiger partial charge in [0.25, 0.3) is 5.67 Å². The van der Waals surface area contributed by atoms with E-state index in [4.69, 9.17) is 5.11 Å². The van der Waals surface area contributed by atoms with Crippen molar-refractivity contribution in [2.75, 3.05) is 6.61 Å². The van der Waals surface area contributed by atoms with Crippen LogP contribution in [0.15, 0.2) is 11.6 Å². The number of carbonyl (C=O) groups is 1. The minimum atomic E-state index is -6.27. The minimum Gasteiger partial charge on any atom is -0.460 e. The summed E-state index contributed by atoms with van der Waals surface area (Å²) in [7, 11) is 0. The monoisotopic (exact) mass is 358 g/mol. The molecule has 0 aliphatic heterocycles. The predicted octanol–water partition coefficient (Wildman–Crippen LogP) is 3.42. The fourth-order valence-electron chi connectivity index (χ4n) is 1.22. The molecule has 2 atom stereocenters. The predicted molar refractivity (Wildman–Crippen MR) is 61.9 cm³/mol. The van der Waals surface area contributed by atoms with Crippen molar-refractivity contribution in [3.63, 3.8) is 0 Å². The highest BCUT2D eigenvalue weighted by Crippen LogP contribution is 2.52. The number of allylic oxidation sites excluding steroid dienone is 1. The molecule has 0 fully saturated rings. The average molecular weight is 358 g/mol. The maximum atomic E-state index is 13.4. The lowest BCUT2D eigenvalue weighted by Gasteiger charge is -2.35. The van der Waals surface area contributed by atoms with Crippen molar-refractivity contribution in [3.8, 4) is 0 Å². The molecule has 0 radical (unpaired) electrons. The van der Waals surface area contributed by atoms with Gasteiger partial charge in [-0.2, -0.15) is 30.7 Å². The number of halogens is 8. The highest BCUT2D eigenvalue weighted by atomic mass is 19.4. The van der Waals surface area contributed by atoms with E-state index in [-0.39, 0.29) is 0 Å². The lowest BCUT2D eigenvalue weighted by molar-refractivity contribution is -0.337. The average Bonchev–Trinajstić information content (AvgIpc) is 2.33. The van der Waals surface area contributed by atoms with Gasteiger partial charge in [0.05, 0.1) is 6.10 Å². The number of hydrogen-bond donors (Lipinski definition) is 1. The number of aliphatic hydroxyl groups excluding tert-OH is 1. The molecule has 3 nitrogen and oxygen atoms in total. The minimum absolute atomic E-state index is 0.567. The molecule has 0 saturated carbocycles. The Hall–Kier alpha value is -1.39. The molecule has 0 aromatic carbocycles. The Bertz CT molecular complexity index is 465. The third-order valence-corrected chi connectivity index (χ3v) is 2.72. The standard InChI is InChI=1S/C12H14F8O3/c1-6(8(22)23-5-7(2)21)4-10(14,15)11(16,17)9(3,13)12(18,19)20/h4,7,21H,5H2,1-3H3. The molecule has 0 saturated heterocycles. The SMILES string of the molecule is CC(=CC(F)(F)C(F)(F)C(C)(F)C(F)(F)F)C(=O)OCC(C)O. The van der Waals surface area contributed by atoms with Crippen molar-refractivity contribution < 1.29 is 49.8 Å². The number of aliphatic hydroxyl groups is 1. The van der Waals surface area contributed by atoms with Crippen LogP contribution in [0.5, 0.6) is 0 Å².